The van der Waals surface area contributed by atoms with E-state index >= 15 is 0 Å². The molecule has 0 fully saturated rings. The van der Waals surface area contributed by atoms with Crippen LogP contribution in [0.5, 0.6) is 0 Å². The fourth-order valence-electron chi connectivity index (χ4n) is 0. The SMILES string of the molecule is CC(C)=O.[AlH3].[CaH2]. The van der Waals surface area contributed by atoms with Gasteiger partial charge in [0.15, 0.2) is 17.4 Å². The van der Waals surface area contributed by atoms with Crippen molar-refractivity contribution in [2.75, 3.05) is 0 Å². The van der Waals surface area contributed by atoms with Crippen molar-refractivity contribution in [3.63, 3.8) is 0 Å². The number of rotatable bonds is 0. The summed E-state index contributed by atoms with van der Waals surface area (Å²) in [4.78, 5) is 9.44. The molecule has 34 valence electrons. The molecular weight excluding hydrogens is 119 g/mol. The van der Waals surface area contributed by atoms with E-state index < -0.39 is 0 Å². The molecule has 0 aromatic rings. The van der Waals surface area contributed by atoms with E-state index in [2.05, 4.69) is 0 Å². The summed E-state index contributed by atoms with van der Waals surface area (Å²) in [5, 5.41) is 0. The second-order valence-corrected chi connectivity index (χ2v) is 0.908. The molecule has 0 aliphatic heterocycles. The van der Waals surface area contributed by atoms with Gasteiger partial charge in [0.1, 0.15) is 5.78 Å². The summed E-state index contributed by atoms with van der Waals surface area (Å²) in [6.07, 6.45) is 0. The van der Waals surface area contributed by atoms with Crippen LogP contribution in [-0.2, 0) is 4.79 Å². The van der Waals surface area contributed by atoms with Crippen LogP contribution in [0.4, 0.5) is 0 Å². The number of hydrogen-bond acceptors (Lipinski definition) is 1. The number of Topliss-reactive ketones (excluding diaryl/α,β-unsaturated/α-hetero) is 1. The van der Waals surface area contributed by atoms with Crippen molar-refractivity contribution in [3.8, 4) is 0 Å². The van der Waals surface area contributed by atoms with Crippen LogP contribution in [0.2, 0.25) is 0 Å². The number of hydrogen-bond donors (Lipinski definition) is 0. The predicted octanol–water partition coefficient (Wildman–Crippen LogP) is -1.50. The fourth-order valence-corrected chi connectivity index (χ4v) is 0. The van der Waals surface area contributed by atoms with E-state index in [-0.39, 0.29) is 60.9 Å². The average Bonchev–Trinajstić information content (AvgIpc) is 0.811. The molecule has 0 radical (unpaired) electrons. The third-order valence-corrected chi connectivity index (χ3v) is 0. The first-order valence-electron chi connectivity index (χ1n) is 1.20. The zero-order chi connectivity index (χ0) is 3.58. The van der Waals surface area contributed by atoms with E-state index in [1.54, 1.807) is 0 Å². The van der Waals surface area contributed by atoms with Crippen molar-refractivity contribution in [3.05, 3.63) is 0 Å². The standard InChI is InChI=1S/C3H6O.Al.Ca.5H/c1-3(2)4;;;;;;;/h1-2H3;;;;;;;. The molecule has 0 amide bonds. The van der Waals surface area contributed by atoms with Gasteiger partial charge in [-0.05, 0) is 13.8 Å². The Morgan fingerprint density at radius 3 is 1.33 bits per heavy atom. The molecule has 0 spiro atoms. The van der Waals surface area contributed by atoms with Crippen molar-refractivity contribution in [2.24, 2.45) is 0 Å². The van der Waals surface area contributed by atoms with Crippen LogP contribution in [0.25, 0.3) is 0 Å². The molecule has 1 nitrogen and oxygen atoms in total. The Morgan fingerprint density at radius 2 is 1.33 bits per heavy atom. The molecule has 6 heavy (non-hydrogen) atoms. The molecule has 0 atom stereocenters. The van der Waals surface area contributed by atoms with Crippen molar-refractivity contribution in [1.82, 2.24) is 0 Å². The van der Waals surface area contributed by atoms with Crippen molar-refractivity contribution in [2.45, 2.75) is 13.8 Å². The van der Waals surface area contributed by atoms with Gasteiger partial charge in [-0.15, -0.1) is 0 Å². The Bertz CT molecular complexity index is 33.8. The molecule has 0 heterocycles. The Morgan fingerprint density at radius 1 is 1.33 bits per heavy atom. The maximum atomic E-state index is 9.44. The third kappa shape index (κ3) is 50.9. The van der Waals surface area contributed by atoms with Crippen molar-refractivity contribution in [1.29, 1.82) is 0 Å². The first-order chi connectivity index (χ1) is 1.73. The van der Waals surface area contributed by atoms with E-state index in [4.69, 9.17) is 0 Å². The summed E-state index contributed by atoms with van der Waals surface area (Å²) in [6, 6.07) is 0. The topological polar surface area (TPSA) is 17.1 Å². The summed E-state index contributed by atoms with van der Waals surface area (Å²) >= 11 is 0. The summed E-state index contributed by atoms with van der Waals surface area (Å²) in [5.74, 6) is 0.167. The molecule has 3 heteroatoms. The first-order valence-corrected chi connectivity index (χ1v) is 1.20. The van der Waals surface area contributed by atoms with Gasteiger partial charge in [0.25, 0.3) is 0 Å². The van der Waals surface area contributed by atoms with Crippen LogP contribution >= 0.6 is 0 Å². The summed E-state index contributed by atoms with van der Waals surface area (Å²) < 4.78 is 0. The second kappa shape index (κ2) is 9.68. The van der Waals surface area contributed by atoms with E-state index in [0.717, 1.165) is 0 Å². The minimum atomic E-state index is 0. The van der Waals surface area contributed by atoms with Gasteiger partial charge in [-0.1, -0.05) is 0 Å². The second-order valence-electron chi connectivity index (χ2n) is 0.908. The summed E-state index contributed by atoms with van der Waals surface area (Å²) in [7, 11) is 0. The van der Waals surface area contributed by atoms with Gasteiger partial charge < -0.3 is 4.79 Å². The minimum absolute atomic E-state index is 0. The Balaban J connectivity index is -0.0000000450. The fraction of sp³-hybridized carbons (Fsp3) is 0.667. The average molecular weight is 130 g/mol. The van der Waals surface area contributed by atoms with Gasteiger partial charge >= 0.3 is 37.7 Å². The van der Waals surface area contributed by atoms with Crippen LogP contribution < -0.4 is 0 Å². The van der Waals surface area contributed by atoms with Crippen LogP contribution in [-0.4, -0.2) is 60.9 Å². The van der Waals surface area contributed by atoms with Gasteiger partial charge in [0.2, 0.25) is 0 Å². The van der Waals surface area contributed by atoms with Crippen LogP contribution in [0.3, 0.4) is 0 Å². The quantitative estimate of drug-likeness (QED) is 0.365. The van der Waals surface area contributed by atoms with Gasteiger partial charge in [0, 0.05) is 0 Å². The van der Waals surface area contributed by atoms with E-state index in [1.165, 1.54) is 13.8 Å². The van der Waals surface area contributed by atoms with Crippen molar-refractivity contribution < 1.29 is 4.79 Å². The molecule has 0 N–H and O–H groups in total. The Labute approximate surface area is 78.6 Å². The third-order valence-electron chi connectivity index (χ3n) is 0. The van der Waals surface area contributed by atoms with Crippen LogP contribution in [0.1, 0.15) is 13.8 Å². The van der Waals surface area contributed by atoms with E-state index in [1.807, 2.05) is 0 Å². The van der Waals surface area contributed by atoms with Crippen LogP contribution in [0, 0.1) is 0 Å². The molecule has 0 rings (SSSR count). The van der Waals surface area contributed by atoms with E-state index in [0.29, 0.717) is 0 Å². The molecule has 0 aromatic carbocycles. The van der Waals surface area contributed by atoms with Gasteiger partial charge in [0.05, 0.1) is 0 Å². The molecule has 0 bridgehead atoms. The van der Waals surface area contributed by atoms with Gasteiger partial charge in [-0.25, -0.2) is 0 Å². The van der Waals surface area contributed by atoms with Crippen molar-refractivity contribution >= 4 is 60.9 Å². The first kappa shape index (κ1) is 15.7. The van der Waals surface area contributed by atoms with Crippen LogP contribution in [0.15, 0.2) is 0 Å². The molecule has 0 saturated carbocycles. The molecule has 0 aliphatic carbocycles. The molecular formula is C3H11AlCaO. The maximum absolute atomic E-state index is 9.44. The van der Waals surface area contributed by atoms with Gasteiger partial charge in [-0.2, -0.15) is 0 Å². The Hall–Kier alpha value is 1.46. The molecule has 0 unspecified atom stereocenters. The predicted molar refractivity (Wildman–Crippen MR) is 34.8 cm³/mol. The number of carbonyl (C=O) groups excluding carboxylic acids is 1. The zero-order valence-electron chi connectivity index (χ0n) is 2.91. The molecule has 0 aromatic heterocycles. The van der Waals surface area contributed by atoms with E-state index in [9.17, 15) is 4.79 Å². The molecule has 0 saturated heterocycles. The molecule has 0 aliphatic rings. The summed E-state index contributed by atoms with van der Waals surface area (Å²) in [6.45, 7) is 3.06. The monoisotopic (exact) mass is 130 g/mol. The normalized spacial score (nSPS) is 4.33. The Kier molecular flexibility index (Phi) is 25.3. The zero-order valence-corrected chi connectivity index (χ0v) is 2.91. The summed E-state index contributed by atoms with van der Waals surface area (Å²) in [5.41, 5.74) is 0. The van der Waals surface area contributed by atoms with Gasteiger partial charge in [-0.3, -0.25) is 0 Å². The number of carbonyl (C=O) groups is 1. The number of ketones is 1.